The molecule has 86 valence electrons. The summed E-state index contributed by atoms with van der Waals surface area (Å²) >= 11 is 3.14. The van der Waals surface area contributed by atoms with Gasteiger partial charge in [0.2, 0.25) is 0 Å². The molecule has 1 aromatic heterocycles. The summed E-state index contributed by atoms with van der Waals surface area (Å²) in [6.07, 6.45) is 3.27. The monoisotopic (exact) mass is 293 g/mol. The number of hydrogen-bond donors (Lipinski definition) is 0. The van der Waals surface area contributed by atoms with Crippen molar-refractivity contribution in [3.05, 3.63) is 64.1 Å². The van der Waals surface area contributed by atoms with Crippen LogP contribution in [0.1, 0.15) is 15.9 Å². The minimum absolute atomic E-state index is 0.0793. The normalized spacial score (nSPS) is 10.2. The summed E-state index contributed by atoms with van der Waals surface area (Å²) in [6, 6.07) is 8.06. The zero-order chi connectivity index (χ0) is 12.3. The molecule has 17 heavy (non-hydrogen) atoms. The first-order chi connectivity index (χ1) is 8.18. The smallest absolute Gasteiger partial charge is 0.168 e. The number of hydrogen-bond acceptors (Lipinski definition) is 2. The predicted molar refractivity (Wildman–Crippen MR) is 66.4 cm³/mol. The number of benzene rings is 1. The van der Waals surface area contributed by atoms with Gasteiger partial charge in [0.15, 0.2) is 5.78 Å². The summed E-state index contributed by atoms with van der Waals surface area (Å²) in [6.45, 7) is 0. The highest BCUT2D eigenvalue weighted by molar-refractivity contribution is 9.10. The zero-order valence-electron chi connectivity index (χ0n) is 8.86. The van der Waals surface area contributed by atoms with Crippen molar-refractivity contribution < 1.29 is 9.18 Å². The molecule has 0 bridgehead atoms. The molecule has 0 N–H and O–H groups in total. The Hall–Kier alpha value is -1.55. The highest BCUT2D eigenvalue weighted by atomic mass is 79.9. The summed E-state index contributed by atoms with van der Waals surface area (Å²) in [5.41, 5.74) is 1.17. The fourth-order valence-electron chi connectivity index (χ4n) is 1.49. The molecular weight excluding hydrogens is 285 g/mol. The van der Waals surface area contributed by atoms with Crippen LogP contribution in [-0.2, 0) is 6.42 Å². The van der Waals surface area contributed by atoms with E-state index < -0.39 is 0 Å². The molecule has 0 fully saturated rings. The fraction of sp³-hybridized carbons (Fsp3) is 0.0769. The topological polar surface area (TPSA) is 30.0 Å². The predicted octanol–water partition coefficient (Wildman–Crippen LogP) is 3.41. The molecule has 0 saturated heterocycles. The van der Waals surface area contributed by atoms with Crippen molar-refractivity contribution in [2.75, 3.05) is 0 Å². The molecule has 0 aliphatic heterocycles. The van der Waals surface area contributed by atoms with E-state index in [1.165, 1.54) is 12.3 Å². The van der Waals surface area contributed by atoms with E-state index in [9.17, 15) is 9.18 Å². The molecule has 1 aromatic carbocycles. The van der Waals surface area contributed by atoms with Crippen molar-refractivity contribution in [3.8, 4) is 0 Å². The van der Waals surface area contributed by atoms with Crippen molar-refractivity contribution in [1.82, 2.24) is 4.98 Å². The SMILES string of the molecule is O=C(Cc1cccc(F)c1Br)c1cccnc1. The highest BCUT2D eigenvalue weighted by Gasteiger charge is 2.11. The van der Waals surface area contributed by atoms with Gasteiger partial charge in [0.1, 0.15) is 5.82 Å². The van der Waals surface area contributed by atoms with Crippen LogP contribution in [0.4, 0.5) is 4.39 Å². The molecule has 0 radical (unpaired) electrons. The largest absolute Gasteiger partial charge is 0.294 e. The minimum Gasteiger partial charge on any atom is -0.294 e. The van der Waals surface area contributed by atoms with Crippen LogP contribution in [0, 0.1) is 5.82 Å². The molecule has 0 spiro atoms. The fourth-order valence-corrected chi connectivity index (χ4v) is 1.89. The molecule has 2 rings (SSSR count). The van der Waals surface area contributed by atoms with E-state index in [2.05, 4.69) is 20.9 Å². The lowest BCUT2D eigenvalue weighted by Crippen LogP contribution is -2.04. The van der Waals surface area contributed by atoms with Gasteiger partial charge >= 0.3 is 0 Å². The Morgan fingerprint density at radius 1 is 1.29 bits per heavy atom. The lowest BCUT2D eigenvalue weighted by molar-refractivity contribution is 0.0992. The Morgan fingerprint density at radius 2 is 2.12 bits per heavy atom. The lowest BCUT2D eigenvalue weighted by Gasteiger charge is -2.04. The first-order valence-electron chi connectivity index (χ1n) is 5.04. The Balaban J connectivity index is 2.22. The number of aromatic nitrogens is 1. The average molecular weight is 294 g/mol. The molecule has 0 aliphatic carbocycles. The van der Waals surface area contributed by atoms with Gasteiger partial charge < -0.3 is 0 Å². The highest BCUT2D eigenvalue weighted by Crippen LogP contribution is 2.21. The van der Waals surface area contributed by atoms with Crippen LogP contribution in [-0.4, -0.2) is 10.8 Å². The maximum atomic E-state index is 13.3. The molecule has 0 unspecified atom stereocenters. The molecular formula is C13H9BrFNO. The minimum atomic E-state index is -0.360. The molecule has 2 aromatic rings. The van der Waals surface area contributed by atoms with E-state index in [1.54, 1.807) is 30.5 Å². The lowest BCUT2D eigenvalue weighted by atomic mass is 10.0. The number of carbonyl (C=O) groups excluding carboxylic acids is 1. The first kappa shape index (κ1) is 11.9. The quantitative estimate of drug-likeness (QED) is 0.812. The van der Waals surface area contributed by atoms with Crippen LogP contribution in [0.3, 0.4) is 0 Å². The maximum absolute atomic E-state index is 13.3. The number of carbonyl (C=O) groups is 1. The van der Waals surface area contributed by atoms with Gasteiger partial charge in [0, 0.05) is 24.4 Å². The Labute approximate surface area is 107 Å². The Morgan fingerprint density at radius 3 is 2.82 bits per heavy atom. The van der Waals surface area contributed by atoms with Gasteiger partial charge in [-0.15, -0.1) is 0 Å². The van der Waals surface area contributed by atoms with Gasteiger partial charge in [-0.05, 0) is 39.7 Å². The van der Waals surface area contributed by atoms with Crippen LogP contribution in [0.15, 0.2) is 47.2 Å². The third kappa shape index (κ3) is 2.77. The first-order valence-corrected chi connectivity index (χ1v) is 5.84. The maximum Gasteiger partial charge on any atom is 0.168 e. The summed E-state index contributed by atoms with van der Waals surface area (Å²) in [4.78, 5) is 15.8. The van der Waals surface area contributed by atoms with E-state index >= 15 is 0 Å². The molecule has 0 saturated carbocycles. The van der Waals surface area contributed by atoms with Gasteiger partial charge in [-0.1, -0.05) is 12.1 Å². The molecule has 2 nitrogen and oxygen atoms in total. The van der Waals surface area contributed by atoms with Gasteiger partial charge in [0.05, 0.1) is 4.47 Å². The van der Waals surface area contributed by atoms with E-state index in [0.717, 1.165) is 0 Å². The molecule has 4 heteroatoms. The van der Waals surface area contributed by atoms with Gasteiger partial charge in [-0.2, -0.15) is 0 Å². The molecule has 1 heterocycles. The molecule has 0 amide bonds. The number of halogens is 2. The van der Waals surface area contributed by atoms with Crippen molar-refractivity contribution in [2.24, 2.45) is 0 Å². The third-order valence-electron chi connectivity index (χ3n) is 2.37. The van der Waals surface area contributed by atoms with Crippen molar-refractivity contribution in [2.45, 2.75) is 6.42 Å². The van der Waals surface area contributed by atoms with Crippen molar-refractivity contribution >= 4 is 21.7 Å². The number of pyridine rings is 1. The van der Waals surface area contributed by atoms with Crippen molar-refractivity contribution in [3.63, 3.8) is 0 Å². The number of Topliss-reactive ketones (excluding diaryl/α,β-unsaturated/α-hetero) is 1. The van der Waals surface area contributed by atoms with Crippen molar-refractivity contribution in [1.29, 1.82) is 0 Å². The van der Waals surface area contributed by atoms with E-state index in [4.69, 9.17) is 0 Å². The third-order valence-corrected chi connectivity index (χ3v) is 3.25. The van der Waals surface area contributed by atoms with Crippen LogP contribution < -0.4 is 0 Å². The van der Waals surface area contributed by atoms with Gasteiger partial charge in [-0.25, -0.2) is 4.39 Å². The van der Waals surface area contributed by atoms with Crippen LogP contribution in [0.25, 0.3) is 0 Å². The van der Waals surface area contributed by atoms with Crippen LogP contribution in [0.5, 0.6) is 0 Å². The number of rotatable bonds is 3. The molecule has 0 atom stereocenters. The zero-order valence-corrected chi connectivity index (χ0v) is 10.4. The van der Waals surface area contributed by atoms with E-state index in [0.29, 0.717) is 15.6 Å². The Bertz CT molecular complexity index is 542. The second-order valence-corrected chi connectivity index (χ2v) is 4.35. The van der Waals surface area contributed by atoms with Gasteiger partial charge in [0.25, 0.3) is 0 Å². The van der Waals surface area contributed by atoms with Crippen LogP contribution >= 0.6 is 15.9 Å². The van der Waals surface area contributed by atoms with E-state index in [-0.39, 0.29) is 18.0 Å². The number of nitrogens with zero attached hydrogens (tertiary/aromatic N) is 1. The Kier molecular flexibility index (Phi) is 3.64. The average Bonchev–Trinajstić information content (AvgIpc) is 2.36. The summed E-state index contributed by atoms with van der Waals surface area (Å²) in [7, 11) is 0. The summed E-state index contributed by atoms with van der Waals surface area (Å²) in [5.74, 6) is -0.439. The second-order valence-electron chi connectivity index (χ2n) is 3.55. The summed E-state index contributed by atoms with van der Waals surface area (Å²) in [5, 5.41) is 0. The standard InChI is InChI=1S/C13H9BrFNO/c14-13-9(3-1-5-11(13)15)7-12(17)10-4-2-6-16-8-10/h1-6,8H,7H2. The second kappa shape index (κ2) is 5.19. The number of ketones is 1. The summed E-state index contributed by atoms with van der Waals surface area (Å²) < 4.78 is 13.6. The van der Waals surface area contributed by atoms with Gasteiger partial charge in [-0.3, -0.25) is 9.78 Å². The molecule has 0 aliphatic rings. The van der Waals surface area contributed by atoms with E-state index in [1.807, 2.05) is 0 Å². The van der Waals surface area contributed by atoms with Crippen LogP contribution in [0.2, 0.25) is 0 Å².